The van der Waals surface area contributed by atoms with Crippen LogP contribution in [0.1, 0.15) is 48.6 Å². The number of nitriles is 1. The van der Waals surface area contributed by atoms with E-state index >= 15 is 0 Å². The van der Waals surface area contributed by atoms with Gasteiger partial charge in [0.15, 0.2) is 5.36 Å². The number of fused-ring (bicyclic) bond motifs is 2. The van der Waals surface area contributed by atoms with Crippen LogP contribution in [0.15, 0.2) is 34.4 Å². The molecule has 0 aliphatic carbocycles. The standard InChI is InChI=1S/C23H22N11O/c1-3-4-7-32-19-8-18(28-20(19)21(35)34-14(2)29-30-23(32)34)15-10-26-33(11-15)17-12-31(13-17)22-25-6-5-16(9-24)27-22/h5-6,8,10-11,17H,3-4,7,12-13H2,1-2H3/q+1. The molecular formula is C23H22N11O+. The molecule has 4 aromatic rings. The Morgan fingerprint density at radius 1 is 1.29 bits per heavy atom. The molecule has 6 heterocycles. The second-order valence-corrected chi connectivity index (χ2v) is 8.69. The van der Waals surface area contributed by atoms with Crippen molar-refractivity contribution in [3.8, 4) is 6.07 Å². The molecular weight excluding hydrogens is 446 g/mol. The number of aromatic nitrogens is 8. The van der Waals surface area contributed by atoms with Gasteiger partial charge in [0.05, 0.1) is 24.5 Å². The van der Waals surface area contributed by atoms with Crippen LogP contribution in [-0.4, -0.2) is 47.4 Å². The number of hydrogen-bond acceptors (Lipinski definition) is 9. The maximum Gasteiger partial charge on any atom is 0.431 e. The van der Waals surface area contributed by atoms with Crippen LogP contribution in [0.4, 0.5) is 5.95 Å². The molecule has 2 aliphatic rings. The number of unbranched alkanes of at least 4 members (excludes halogenated alkanes) is 1. The largest absolute Gasteiger partial charge is 0.431 e. The minimum absolute atomic E-state index is 0.157. The fraction of sp³-hybridized carbons (Fsp3) is 0.348. The van der Waals surface area contributed by atoms with Crippen LogP contribution >= 0.6 is 0 Å². The van der Waals surface area contributed by atoms with Crippen molar-refractivity contribution in [2.24, 2.45) is 4.99 Å². The average Bonchev–Trinajstić information content (AvgIpc) is 3.57. The first-order valence-corrected chi connectivity index (χ1v) is 11.5. The van der Waals surface area contributed by atoms with Crippen LogP contribution in [0.5, 0.6) is 0 Å². The Morgan fingerprint density at radius 3 is 2.94 bits per heavy atom. The number of aryl methyl sites for hydroxylation is 2. The van der Waals surface area contributed by atoms with Crippen LogP contribution in [-0.2, 0) is 6.54 Å². The highest BCUT2D eigenvalue weighted by molar-refractivity contribution is 5.81. The smallest absolute Gasteiger partial charge is 0.336 e. The monoisotopic (exact) mass is 468 g/mol. The summed E-state index contributed by atoms with van der Waals surface area (Å²) in [5, 5.41) is 22.4. The Hall–Kier alpha value is -4.53. The fourth-order valence-corrected chi connectivity index (χ4v) is 4.45. The van der Waals surface area contributed by atoms with Gasteiger partial charge in [-0.3, -0.25) is 4.68 Å². The lowest BCUT2D eigenvalue weighted by Crippen LogP contribution is -2.50. The van der Waals surface area contributed by atoms with Gasteiger partial charge in [-0.15, -0.1) is 4.40 Å². The molecule has 1 saturated heterocycles. The van der Waals surface area contributed by atoms with Crippen molar-refractivity contribution in [1.82, 2.24) is 34.3 Å². The molecule has 0 atom stereocenters. The Labute approximate surface area is 199 Å². The Kier molecular flexibility index (Phi) is 4.84. The zero-order chi connectivity index (χ0) is 24.1. The molecule has 0 saturated carbocycles. The van der Waals surface area contributed by atoms with Crippen molar-refractivity contribution in [3.05, 3.63) is 63.1 Å². The van der Waals surface area contributed by atoms with Crippen molar-refractivity contribution < 1.29 is 4.57 Å². The van der Waals surface area contributed by atoms with E-state index in [9.17, 15) is 4.79 Å². The molecule has 1 fully saturated rings. The summed E-state index contributed by atoms with van der Waals surface area (Å²) in [5.41, 5.74) is 2.44. The van der Waals surface area contributed by atoms with E-state index in [0.717, 1.165) is 30.6 Å². The Balaban J connectivity index is 1.28. The third-order valence-electron chi connectivity index (χ3n) is 6.40. The lowest BCUT2D eigenvalue weighted by atomic mass is 10.1. The summed E-state index contributed by atoms with van der Waals surface area (Å²) in [6.07, 6.45) is 9.23. The minimum Gasteiger partial charge on any atom is -0.336 e. The predicted molar refractivity (Wildman–Crippen MR) is 124 cm³/mol. The number of anilines is 1. The minimum atomic E-state index is -0.210. The molecule has 0 amide bonds. The lowest BCUT2D eigenvalue weighted by Gasteiger charge is -2.39. The molecule has 12 nitrogen and oxygen atoms in total. The van der Waals surface area contributed by atoms with E-state index in [1.165, 1.54) is 4.40 Å². The van der Waals surface area contributed by atoms with Gasteiger partial charge in [-0.25, -0.2) is 24.3 Å². The summed E-state index contributed by atoms with van der Waals surface area (Å²) in [6, 6.07) is 3.79. The first kappa shape index (κ1) is 21.0. The second-order valence-electron chi connectivity index (χ2n) is 8.69. The number of nitrogens with zero attached hydrogens (tertiary/aromatic N) is 11. The predicted octanol–water partition coefficient (Wildman–Crippen LogP) is 0.255. The third kappa shape index (κ3) is 3.35. The molecule has 12 heteroatoms. The summed E-state index contributed by atoms with van der Waals surface area (Å²) < 4.78 is 5.47. The highest BCUT2D eigenvalue weighted by Gasteiger charge is 2.32. The van der Waals surface area contributed by atoms with Gasteiger partial charge < -0.3 is 4.90 Å². The van der Waals surface area contributed by atoms with E-state index in [-0.39, 0.29) is 11.6 Å². The van der Waals surface area contributed by atoms with Gasteiger partial charge in [-0.2, -0.15) is 10.4 Å². The normalized spacial score (nSPS) is 15.0. The quantitative estimate of drug-likeness (QED) is 0.368. The van der Waals surface area contributed by atoms with Crippen molar-refractivity contribution in [3.63, 3.8) is 0 Å². The third-order valence-corrected chi connectivity index (χ3v) is 6.40. The van der Waals surface area contributed by atoms with Crippen LogP contribution in [0.2, 0.25) is 0 Å². The van der Waals surface area contributed by atoms with Crippen LogP contribution in [0.25, 0.3) is 17.6 Å². The number of rotatable bonds is 6. The van der Waals surface area contributed by atoms with Gasteiger partial charge in [0.2, 0.25) is 11.8 Å². The molecule has 0 spiro atoms. The molecule has 0 N–H and O–H groups in total. The van der Waals surface area contributed by atoms with Crippen LogP contribution in [0, 0.1) is 18.3 Å². The number of hydrogen-bond donors (Lipinski definition) is 0. The summed E-state index contributed by atoms with van der Waals surface area (Å²) in [4.78, 5) is 28.4. The van der Waals surface area contributed by atoms with Crippen molar-refractivity contribution in [2.45, 2.75) is 39.3 Å². The Morgan fingerprint density at radius 2 is 2.14 bits per heavy atom. The van der Waals surface area contributed by atoms with Crippen LogP contribution < -0.4 is 20.4 Å². The maximum absolute atomic E-state index is 13.2. The van der Waals surface area contributed by atoms with E-state index in [0.29, 0.717) is 47.4 Å². The zero-order valence-electron chi connectivity index (χ0n) is 19.3. The zero-order valence-corrected chi connectivity index (χ0v) is 19.3. The van der Waals surface area contributed by atoms with Gasteiger partial charge in [-0.05, 0) is 17.6 Å². The Bertz CT molecular complexity index is 1650. The van der Waals surface area contributed by atoms with Crippen molar-refractivity contribution in [2.75, 3.05) is 18.0 Å². The van der Waals surface area contributed by atoms with Gasteiger partial charge in [0.1, 0.15) is 17.5 Å². The summed E-state index contributed by atoms with van der Waals surface area (Å²) in [7, 11) is 0. The first-order chi connectivity index (χ1) is 17.1. The molecule has 0 aromatic carbocycles. The van der Waals surface area contributed by atoms with Crippen LogP contribution in [0.3, 0.4) is 0 Å². The molecule has 35 heavy (non-hydrogen) atoms. The van der Waals surface area contributed by atoms with Gasteiger partial charge in [-0.1, -0.05) is 13.3 Å². The SMILES string of the molecule is CCCC[n+]1c2c(c(=O)n3c(C)nnc31)=NC(c1cnn(C3CN(c4nccc(C#N)n4)C3)c1)=C2. The summed E-state index contributed by atoms with van der Waals surface area (Å²) in [5.74, 6) is 1.64. The van der Waals surface area contributed by atoms with Crippen molar-refractivity contribution in [1.29, 1.82) is 5.26 Å². The summed E-state index contributed by atoms with van der Waals surface area (Å²) in [6.45, 7) is 6.01. The van der Waals surface area contributed by atoms with Gasteiger partial charge >= 0.3 is 11.3 Å². The van der Waals surface area contributed by atoms with E-state index in [4.69, 9.17) is 10.3 Å². The maximum atomic E-state index is 13.2. The highest BCUT2D eigenvalue weighted by Crippen LogP contribution is 2.27. The molecule has 0 unspecified atom stereocenters. The second kappa shape index (κ2) is 8.05. The topological polar surface area (TPSA) is 134 Å². The van der Waals surface area contributed by atoms with Crippen molar-refractivity contribution >= 4 is 23.5 Å². The molecule has 0 radical (unpaired) electrons. The summed E-state index contributed by atoms with van der Waals surface area (Å²) >= 11 is 0. The van der Waals surface area contributed by atoms with E-state index in [1.54, 1.807) is 25.4 Å². The molecule has 4 aromatic heterocycles. The van der Waals surface area contributed by atoms with E-state index in [1.807, 2.05) is 32.5 Å². The van der Waals surface area contributed by atoms with Gasteiger partial charge in [0, 0.05) is 49.1 Å². The molecule has 6 rings (SSSR count). The van der Waals surface area contributed by atoms with E-state index < -0.39 is 0 Å². The lowest BCUT2D eigenvalue weighted by molar-refractivity contribution is -0.679. The molecule has 174 valence electrons. The molecule has 2 aliphatic heterocycles. The first-order valence-electron chi connectivity index (χ1n) is 11.5. The highest BCUT2D eigenvalue weighted by atomic mass is 16.1. The van der Waals surface area contributed by atoms with E-state index in [2.05, 4.69) is 32.2 Å². The average molecular weight is 469 g/mol. The molecule has 0 bridgehead atoms. The fourth-order valence-electron chi connectivity index (χ4n) is 4.45. The van der Waals surface area contributed by atoms with Gasteiger partial charge in [0.25, 0.3) is 0 Å².